The van der Waals surface area contributed by atoms with Crippen molar-refractivity contribution in [3.8, 4) is 0 Å². The summed E-state index contributed by atoms with van der Waals surface area (Å²) in [4.78, 5) is 10.3. The van der Waals surface area contributed by atoms with Crippen LogP contribution in [0.15, 0.2) is 0 Å². The summed E-state index contributed by atoms with van der Waals surface area (Å²) in [5, 5.41) is 8.46. The first-order valence-corrected chi connectivity index (χ1v) is 6.99. The Kier molecular flexibility index (Phi) is 31.4. The fraction of sp³-hybridized carbons (Fsp3) is 0.929. The van der Waals surface area contributed by atoms with Gasteiger partial charge in [0.05, 0.1) is 0 Å². The van der Waals surface area contributed by atoms with Crippen molar-refractivity contribution in [3.63, 3.8) is 0 Å². The molecule has 2 nitrogen and oxygen atoms in total. The molecule has 0 radical (unpaired) electrons. The van der Waals surface area contributed by atoms with Gasteiger partial charge in [0.2, 0.25) is 0 Å². The van der Waals surface area contributed by atoms with Gasteiger partial charge in [-0.05, 0) is 6.42 Å². The Hall–Kier alpha value is 2.74. The van der Waals surface area contributed by atoms with E-state index in [4.69, 9.17) is 5.11 Å². The molecule has 0 bridgehead atoms. The standard InChI is InChI=1S/C14H28O2.2K.2H/c1-2-3-4-5-6-7-8-9-10-11-12-13-14(15)16;;;;/h2-13H2,1H3,(H,15,16);;;;/q;2*+1;2*-1. The van der Waals surface area contributed by atoms with Crippen LogP contribution in [0.25, 0.3) is 0 Å². The molecule has 0 aromatic heterocycles. The van der Waals surface area contributed by atoms with Gasteiger partial charge in [0.1, 0.15) is 0 Å². The Bertz CT molecular complexity index is 173. The van der Waals surface area contributed by atoms with Gasteiger partial charge in [-0.1, -0.05) is 71.1 Å². The van der Waals surface area contributed by atoms with Crippen LogP contribution in [0, 0.1) is 0 Å². The fourth-order valence-electron chi connectivity index (χ4n) is 1.94. The third-order valence-electron chi connectivity index (χ3n) is 2.99. The van der Waals surface area contributed by atoms with Crippen molar-refractivity contribution in [2.75, 3.05) is 0 Å². The number of hydrogen-bond acceptors (Lipinski definition) is 1. The molecule has 0 aliphatic carbocycles. The van der Waals surface area contributed by atoms with Crippen molar-refractivity contribution < 1.29 is 116 Å². The molecule has 0 aromatic carbocycles. The van der Waals surface area contributed by atoms with Gasteiger partial charge in [0.25, 0.3) is 0 Å². The van der Waals surface area contributed by atoms with Gasteiger partial charge in [-0.25, -0.2) is 0 Å². The van der Waals surface area contributed by atoms with Crippen LogP contribution in [0.2, 0.25) is 0 Å². The molecule has 0 amide bonds. The van der Waals surface area contributed by atoms with E-state index in [2.05, 4.69) is 6.92 Å². The number of carboxylic acids is 1. The van der Waals surface area contributed by atoms with E-state index < -0.39 is 5.97 Å². The summed E-state index contributed by atoms with van der Waals surface area (Å²) >= 11 is 0. The summed E-state index contributed by atoms with van der Waals surface area (Å²) in [6.07, 6.45) is 14.4. The molecule has 0 rings (SSSR count). The minimum Gasteiger partial charge on any atom is -1.00 e. The topological polar surface area (TPSA) is 37.3 Å². The van der Waals surface area contributed by atoms with Crippen molar-refractivity contribution >= 4 is 5.97 Å². The molecule has 100 valence electrons. The molecule has 1 N–H and O–H groups in total. The zero-order valence-corrected chi connectivity index (χ0v) is 19.1. The smallest absolute Gasteiger partial charge is 1.00 e. The average molecular weight is 309 g/mol. The third-order valence-corrected chi connectivity index (χ3v) is 2.99. The number of carboxylic acid groups (broad SMARTS) is 1. The molecule has 0 saturated carbocycles. The Morgan fingerprint density at radius 2 is 1.11 bits per heavy atom. The van der Waals surface area contributed by atoms with Crippen LogP contribution in [0.1, 0.15) is 86.8 Å². The van der Waals surface area contributed by atoms with E-state index >= 15 is 0 Å². The Balaban J connectivity index is -0.000000187. The molecule has 0 spiro atoms. The van der Waals surface area contributed by atoms with Crippen LogP contribution in [0.4, 0.5) is 0 Å². The first-order chi connectivity index (χ1) is 7.77. The van der Waals surface area contributed by atoms with Gasteiger partial charge in [0, 0.05) is 6.42 Å². The van der Waals surface area contributed by atoms with E-state index in [-0.39, 0.29) is 106 Å². The van der Waals surface area contributed by atoms with Crippen LogP contribution in [0.5, 0.6) is 0 Å². The molecule has 0 heterocycles. The second kappa shape index (κ2) is 22.0. The molecule has 4 heteroatoms. The maximum Gasteiger partial charge on any atom is 1.00 e. The number of carbonyl (C=O) groups is 1. The Morgan fingerprint density at radius 3 is 1.44 bits per heavy atom. The quantitative estimate of drug-likeness (QED) is 0.371. The maximum absolute atomic E-state index is 10.3. The van der Waals surface area contributed by atoms with Gasteiger partial charge in [-0.2, -0.15) is 0 Å². The van der Waals surface area contributed by atoms with Crippen LogP contribution in [-0.4, -0.2) is 11.1 Å². The first-order valence-electron chi connectivity index (χ1n) is 6.99. The summed E-state index contributed by atoms with van der Waals surface area (Å²) < 4.78 is 0. The zero-order valence-electron chi connectivity index (χ0n) is 14.8. The summed E-state index contributed by atoms with van der Waals surface area (Å²) in [6, 6.07) is 0. The predicted octanol–water partition coefficient (Wildman–Crippen LogP) is -0.995. The normalized spacial score (nSPS) is 9.39. The zero-order chi connectivity index (χ0) is 12.1. The number of aliphatic carboxylic acids is 1. The van der Waals surface area contributed by atoms with E-state index in [0.29, 0.717) is 6.42 Å². The predicted molar refractivity (Wildman–Crippen MR) is 70.9 cm³/mol. The van der Waals surface area contributed by atoms with E-state index in [1.165, 1.54) is 57.8 Å². The van der Waals surface area contributed by atoms with Crippen LogP contribution < -0.4 is 103 Å². The maximum atomic E-state index is 10.3. The van der Waals surface area contributed by atoms with Crippen molar-refractivity contribution in [1.82, 2.24) is 0 Å². The Morgan fingerprint density at radius 1 is 0.778 bits per heavy atom. The van der Waals surface area contributed by atoms with Crippen LogP contribution in [0.3, 0.4) is 0 Å². The van der Waals surface area contributed by atoms with Gasteiger partial charge >= 0.3 is 109 Å². The average Bonchev–Trinajstić information content (AvgIpc) is 2.25. The van der Waals surface area contributed by atoms with Crippen LogP contribution in [-0.2, 0) is 4.79 Å². The third kappa shape index (κ3) is 23.8. The fourth-order valence-corrected chi connectivity index (χ4v) is 1.94. The molecule has 0 atom stereocenters. The van der Waals surface area contributed by atoms with E-state index in [9.17, 15) is 4.79 Å². The number of hydrogen-bond donors (Lipinski definition) is 1. The van der Waals surface area contributed by atoms with E-state index in [1.54, 1.807) is 0 Å². The second-order valence-electron chi connectivity index (χ2n) is 4.68. The molecule has 0 fully saturated rings. The van der Waals surface area contributed by atoms with Crippen molar-refractivity contribution in [2.24, 2.45) is 0 Å². The minimum absolute atomic E-state index is 0. The summed E-state index contributed by atoms with van der Waals surface area (Å²) in [7, 11) is 0. The van der Waals surface area contributed by atoms with Crippen molar-refractivity contribution in [3.05, 3.63) is 0 Å². The monoisotopic (exact) mass is 308 g/mol. The van der Waals surface area contributed by atoms with Gasteiger partial charge in [-0.15, -0.1) is 0 Å². The molecule has 0 unspecified atom stereocenters. The molecular weight excluding hydrogens is 278 g/mol. The van der Waals surface area contributed by atoms with Gasteiger partial charge in [0.15, 0.2) is 0 Å². The number of unbranched alkanes of at least 4 members (excludes halogenated alkanes) is 10. The summed E-state index contributed by atoms with van der Waals surface area (Å²) in [6.45, 7) is 2.25. The van der Waals surface area contributed by atoms with E-state index in [0.717, 1.165) is 12.8 Å². The molecule has 18 heavy (non-hydrogen) atoms. The van der Waals surface area contributed by atoms with Gasteiger partial charge in [-0.3, -0.25) is 4.79 Å². The summed E-state index contributed by atoms with van der Waals surface area (Å²) in [5.41, 5.74) is 0. The van der Waals surface area contributed by atoms with Crippen molar-refractivity contribution in [1.29, 1.82) is 0 Å². The number of rotatable bonds is 12. The summed E-state index contributed by atoms with van der Waals surface area (Å²) in [5.74, 6) is -0.657. The Labute approximate surface area is 201 Å². The largest absolute Gasteiger partial charge is 1.00 e. The molecule has 0 saturated heterocycles. The minimum atomic E-state index is -0.657. The second-order valence-corrected chi connectivity index (χ2v) is 4.68. The van der Waals surface area contributed by atoms with Crippen molar-refractivity contribution in [2.45, 2.75) is 84.0 Å². The van der Waals surface area contributed by atoms with Gasteiger partial charge < -0.3 is 7.96 Å². The SMILES string of the molecule is CCCCCCCCCCCCCC(=O)O.[H-].[H-].[K+].[K+]. The van der Waals surface area contributed by atoms with Crippen LogP contribution >= 0.6 is 0 Å². The molecule has 0 aliphatic rings. The molecular formula is C14H30K2O2. The van der Waals surface area contributed by atoms with E-state index in [1.807, 2.05) is 0 Å². The molecule has 0 aliphatic heterocycles. The first kappa shape index (κ1) is 25.7. The molecule has 0 aromatic rings.